The van der Waals surface area contributed by atoms with Crippen molar-refractivity contribution in [3.05, 3.63) is 59.2 Å². The summed E-state index contributed by atoms with van der Waals surface area (Å²) < 4.78 is 0. The van der Waals surface area contributed by atoms with Crippen LogP contribution < -0.4 is 5.32 Å². The molecule has 0 saturated heterocycles. The minimum absolute atomic E-state index is 0.0800. The van der Waals surface area contributed by atoms with Gasteiger partial charge in [-0.2, -0.15) is 0 Å². The van der Waals surface area contributed by atoms with Gasteiger partial charge in [-0.15, -0.1) is 0 Å². The van der Waals surface area contributed by atoms with Crippen LogP contribution in [0.5, 0.6) is 11.5 Å². The highest BCUT2D eigenvalue weighted by Crippen LogP contribution is 2.33. The lowest BCUT2D eigenvalue weighted by Crippen LogP contribution is -2.37. The fourth-order valence-corrected chi connectivity index (χ4v) is 2.87. The summed E-state index contributed by atoms with van der Waals surface area (Å²) in [5, 5.41) is 23.1. The summed E-state index contributed by atoms with van der Waals surface area (Å²) in [5.74, 6) is -0.160. The Hall–Kier alpha value is -2.27. The van der Waals surface area contributed by atoms with E-state index in [1.165, 1.54) is 5.56 Å². The SMILES string of the molecule is Oc1cc2c(cc1O)CN(C(=S)NCCc1ccccc1)C2. The van der Waals surface area contributed by atoms with Gasteiger partial charge < -0.3 is 20.4 Å². The molecule has 0 saturated carbocycles. The Morgan fingerprint density at radius 3 is 2.23 bits per heavy atom. The maximum absolute atomic E-state index is 9.56. The smallest absolute Gasteiger partial charge is 0.169 e. The van der Waals surface area contributed by atoms with Crippen molar-refractivity contribution in [1.29, 1.82) is 0 Å². The van der Waals surface area contributed by atoms with E-state index in [0.29, 0.717) is 18.2 Å². The summed E-state index contributed by atoms with van der Waals surface area (Å²) in [6.45, 7) is 2.09. The quantitative estimate of drug-likeness (QED) is 0.600. The first-order chi connectivity index (χ1) is 10.6. The molecule has 1 aliphatic heterocycles. The summed E-state index contributed by atoms with van der Waals surface area (Å²) in [6, 6.07) is 13.5. The molecule has 0 atom stereocenters. The Morgan fingerprint density at radius 1 is 1.05 bits per heavy atom. The molecule has 0 bridgehead atoms. The van der Waals surface area contributed by atoms with Gasteiger partial charge in [0.15, 0.2) is 16.6 Å². The second kappa shape index (κ2) is 6.23. The largest absolute Gasteiger partial charge is 0.504 e. The number of hydrogen-bond donors (Lipinski definition) is 3. The molecule has 0 unspecified atom stereocenters. The number of benzene rings is 2. The van der Waals surface area contributed by atoms with E-state index in [0.717, 1.165) is 24.1 Å². The van der Waals surface area contributed by atoms with Gasteiger partial charge >= 0.3 is 0 Å². The average molecular weight is 314 g/mol. The standard InChI is InChI=1S/C17H18N2O2S/c20-15-8-13-10-19(11-14(13)9-16(15)21)17(22)18-7-6-12-4-2-1-3-5-12/h1-5,8-9,20-21H,6-7,10-11H2,(H,18,22). The third kappa shape index (κ3) is 3.14. The zero-order valence-corrected chi connectivity index (χ0v) is 12.9. The topological polar surface area (TPSA) is 55.7 Å². The zero-order chi connectivity index (χ0) is 15.5. The Bertz CT molecular complexity index is 658. The highest BCUT2D eigenvalue weighted by atomic mass is 32.1. The van der Waals surface area contributed by atoms with Gasteiger partial charge in [0.25, 0.3) is 0 Å². The second-order valence-corrected chi connectivity index (χ2v) is 5.82. The van der Waals surface area contributed by atoms with E-state index in [1.54, 1.807) is 12.1 Å². The van der Waals surface area contributed by atoms with Crippen LogP contribution in [0.15, 0.2) is 42.5 Å². The van der Waals surface area contributed by atoms with Crippen LogP contribution in [0.2, 0.25) is 0 Å². The number of thiocarbonyl (C=S) groups is 1. The first-order valence-corrected chi connectivity index (χ1v) is 7.65. The molecular weight excluding hydrogens is 296 g/mol. The Balaban J connectivity index is 1.54. The molecule has 22 heavy (non-hydrogen) atoms. The van der Waals surface area contributed by atoms with Crippen LogP contribution in [0.3, 0.4) is 0 Å². The molecule has 0 amide bonds. The number of fused-ring (bicyclic) bond motifs is 1. The van der Waals surface area contributed by atoms with E-state index in [2.05, 4.69) is 17.4 Å². The second-order valence-electron chi connectivity index (χ2n) is 5.43. The van der Waals surface area contributed by atoms with Crippen molar-refractivity contribution in [2.75, 3.05) is 6.54 Å². The van der Waals surface area contributed by atoms with E-state index in [9.17, 15) is 10.2 Å². The van der Waals surface area contributed by atoms with E-state index >= 15 is 0 Å². The first-order valence-electron chi connectivity index (χ1n) is 7.24. The van der Waals surface area contributed by atoms with Crippen molar-refractivity contribution in [3.63, 3.8) is 0 Å². The molecule has 2 aromatic carbocycles. The Kier molecular flexibility index (Phi) is 4.15. The maximum atomic E-state index is 9.56. The van der Waals surface area contributed by atoms with Gasteiger partial charge in [0.05, 0.1) is 0 Å². The number of nitrogens with zero attached hydrogens (tertiary/aromatic N) is 1. The molecule has 114 valence electrons. The fraction of sp³-hybridized carbons (Fsp3) is 0.235. The lowest BCUT2D eigenvalue weighted by molar-refractivity contribution is 0.403. The van der Waals surface area contributed by atoms with Gasteiger partial charge in [0.2, 0.25) is 0 Å². The van der Waals surface area contributed by atoms with Crippen molar-refractivity contribution in [1.82, 2.24) is 10.2 Å². The first kappa shape index (κ1) is 14.7. The highest BCUT2D eigenvalue weighted by molar-refractivity contribution is 7.80. The molecule has 2 aromatic rings. The molecule has 0 fully saturated rings. The summed E-state index contributed by atoms with van der Waals surface area (Å²) in [4.78, 5) is 2.03. The van der Waals surface area contributed by atoms with E-state index in [-0.39, 0.29) is 11.5 Å². The van der Waals surface area contributed by atoms with Crippen molar-refractivity contribution >= 4 is 17.3 Å². The van der Waals surface area contributed by atoms with Crippen LogP contribution in [-0.4, -0.2) is 26.8 Å². The predicted molar refractivity (Wildman–Crippen MR) is 89.8 cm³/mol. The number of phenols is 2. The van der Waals surface area contributed by atoms with E-state index < -0.39 is 0 Å². The molecule has 0 aromatic heterocycles. The normalized spacial score (nSPS) is 13.0. The van der Waals surface area contributed by atoms with Gasteiger partial charge in [-0.05, 0) is 47.5 Å². The molecular formula is C17H18N2O2S. The summed E-state index contributed by atoms with van der Waals surface area (Å²) in [5.41, 5.74) is 3.28. The van der Waals surface area contributed by atoms with E-state index in [1.807, 2.05) is 23.1 Å². The number of aromatic hydroxyl groups is 2. The number of phenolic OH excluding ortho intramolecular Hbond substituents is 2. The van der Waals surface area contributed by atoms with Crippen molar-refractivity contribution in [2.24, 2.45) is 0 Å². The minimum atomic E-state index is -0.0800. The molecule has 3 rings (SSSR count). The molecule has 0 spiro atoms. The molecule has 0 radical (unpaired) electrons. The number of rotatable bonds is 3. The van der Waals surface area contributed by atoms with Crippen molar-refractivity contribution in [2.45, 2.75) is 19.5 Å². The number of nitrogens with one attached hydrogen (secondary N) is 1. The molecule has 3 N–H and O–H groups in total. The van der Waals surface area contributed by atoms with Crippen molar-refractivity contribution in [3.8, 4) is 11.5 Å². The maximum Gasteiger partial charge on any atom is 0.169 e. The zero-order valence-electron chi connectivity index (χ0n) is 12.1. The number of hydrogen-bond acceptors (Lipinski definition) is 3. The van der Waals surface area contributed by atoms with Crippen molar-refractivity contribution < 1.29 is 10.2 Å². The molecule has 1 aliphatic rings. The Morgan fingerprint density at radius 2 is 1.64 bits per heavy atom. The van der Waals surface area contributed by atoms with E-state index in [4.69, 9.17) is 12.2 Å². The fourth-order valence-electron chi connectivity index (χ4n) is 2.64. The average Bonchev–Trinajstić information content (AvgIpc) is 2.91. The van der Waals surface area contributed by atoms with Gasteiger partial charge in [0.1, 0.15) is 0 Å². The summed E-state index contributed by atoms with van der Waals surface area (Å²) >= 11 is 5.43. The molecule has 1 heterocycles. The summed E-state index contributed by atoms with van der Waals surface area (Å²) in [7, 11) is 0. The summed E-state index contributed by atoms with van der Waals surface area (Å²) in [6.07, 6.45) is 0.920. The van der Waals surface area contributed by atoms with Crippen LogP contribution in [0.1, 0.15) is 16.7 Å². The highest BCUT2D eigenvalue weighted by Gasteiger charge is 2.22. The molecule has 4 nitrogen and oxygen atoms in total. The van der Waals surface area contributed by atoms with Gasteiger partial charge in [-0.25, -0.2) is 0 Å². The van der Waals surface area contributed by atoms with Gasteiger partial charge in [0, 0.05) is 19.6 Å². The third-order valence-electron chi connectivity index (χ3n) is 3.84. The molecule has 5 heteroatoms. The van der Waals surface area contributed by atoms with Gasteiger partial charge in [-0.1, -0.05) is 30.3 Å². The molecule has 0 aliphatic carbocycles. The van der Waals surface area contributed by atoms with Crippen LogP contribution in [-0.2, 0) is 19.5 Å². The minimum Gasteiger partial charge on any atom is -0.504 e. The predicted octanol–water partition coefficient (Wildman–Crippen LogP) is 2.53. The lowest BCUT2D eigenvalue weighted by Gasteiger charge is -2.19. The lowest BCUT2D eigenvalue weighted by atomic mass is 10.1. The third-order valence-corrected chi connectivity index (χ3v) is 4.24. The van der Waals surface area contributed by atoms with Gasteiger partial charge in [-0.3, -0.25) is 0 Å². The monoisotopic (exact) mass is 314 g/mol. The van der Waals surface area contributed by atoms with Crippen LogP contribution in [0.4, 0.5) is 0 Å². The van der Waals surface area contributed by atoms with Crippen LogP contribution in [0.25, 0.3) is 0 Å². The Labute approximate surface area is 135 Å². The van der Waals surface area contributed by atoms with Crippen LogP contribution in [0, 0.1) is 0 Å². The van der Waals surface area contributed by atoms with Crippen LogP contribution >= 0.6 is 12.2 Å².